The van der Waals surface area contributed by atoms with Crippen LogP contribution in [0.1, 0.15) is 36.3 Å². The highest BCUT2D eigenvalue weighted by molar-refractivity contribution is 7.18. The van der Waals surface area contributed by atoms with Crippen molar-refractivity contribution >= 4 is 33.3 Å². The summed E-state index contributed by atoms with van der Waals surface area (Å²) in [6.07, 6.45) is -2.69. The first-order valence-electron chi connectivity index (χ1n) is 9.72. The van der Waals surface area contributed by atoms with Crippen LogP contribution in [-0.4, -0.2) is 43.8 Å². The average molecular weight is 455 g/mol. The van der Waals surface area contributed by atoms with Gasteiger partial charge >= 0.3 is 12.2 Å². The van der Waals surface area contributed by atoms with Gasteiger partial charge in [0.2, 0.25) is 11.7 Å². The predicted octanol–water partition coefficient (Wildman–Crippen LogP) is 2.53. The van der Waals surface area contributed by atoms with Crippen LogP contribution in [0.3, 0.4) is 0 Å². The van der Waals surface area contributed by atoms with E-state index in [1.807, 2.05) is 11.0 Å². The Morgan fingerprint density at radius 1 is 1.29 bits per heavy atom. The number of anilines is 1. The number of fused-ring (bicyclic) bond motifs is 2. The SMILES string of the molecule is CCCc1cc2c(N3CCn4c(nnc4C(F)(F)F)C3)nc(OCCC(N)=O)nc2s1. The summed E-state index contributed by atoms with van der Waals surface area (Å²) in [5, 5.41) is 7.86. The van der Waals surface area contributed by atoms with Gasteiger partial charge in [-0.2, -0.15) is 23.1 Å². The lowest BCUT2D eigenvalue weighted by Gasteiger charge is -2.29. The molecule has 31 heavy (non-hydrogen) atoms. The first kappa shape index (κ1) is 21.3. The molecule has 0 aromatic carbocycles. The second-order valence-corrected chi connectivity index (χ2v) is 8.20. The first-order valence-corrected chi connectivity index (χ1v) is 10.5. The van der Waals surface area contributed by atoms with E-state index in [9.17, 15) is 18.0 Å². The van der Waals surface area contributed by atoms with Crippen LogP contribution in [0.4, 0.5) is 19.0 Å². The summed E-state index contributed by atoms with van der Waals surface area (Å²) >= 11 is 1.52. The third-order valence-electron chi connectivity index (χ3n) is 4.79. The van der Waals surface area contributed by atoms with Gasteiger partial charge in [-0.05, 0) is 12.5 Å². The van der Waals surface area contributed by atoms with Crippen molar-refractivity contribution in [2.45, 2.75) is 45.5 Å². The molecule has 2 N–H and O–H groups in total. The third-order valence-corrected chi connectivity index (χ3v) is 5.87. The van der Waals surface area contributed by atoms with E-state index in [0.29, 0.717) is 17.2 Å². The van der Waals surface area contributed by atoms with E-state index < -0.39 is 17.9 Å². The molecule has 3 aromatic rings. The van der Waals surface area contributed by atoms with Gasteiger partial charge < -0.3 is 19.9 Å². The highest BCUT2D eigenvalue weighted by atomic mass is 32.1. The summed E-state index contributed by atoms with van der Waals surface area (Å²) in [5.74, 6) is -0.726. The summed E-state index contributed by atoms with van der Waals surface area (Å²) in [4.78, 5) is 23.6. The maximum absolute atomic E-state index is 13.1. The van der Waals surface area contributed by atoms with Crippen LogP contribution in [0.25, 0.3) is 10.2 Å². The maximum atomic E-state index is 13.1. The normalized spacial score (nSPS) is 14.1. The number of alkyl halides is 3. The van der Waals surface area contributed by atoms with Crippen molar-refractivity contribution in [3.05, 3.63) is 22.6 Å². The Kier molecular flexibility index (Phi) is 5.69. The van der Waals surface area contributed by atoms with Gasteiger partial charge in [0.25, 0.3) is 0 Å². The van der Waals surface area contributed by atoms with Crippen LogP contribution < -0.4 is 15.4 Å². The molecule has 9 nitrogen and oxygen atoms in total. The molecule has 0 atom stereocenters. The zero-order valence-corrected chi connectivity index (χ0v) is 17.5. The first-order chi connectivity index (χ1) is 14.8. The molecular formula is C18H20F3N7O2S. The summed E-state index contributed by atoms with van der Waals surface area (Å²) < 4.78 is 46.0. The third kappa shape index (κ3) is 4.40. The Morgan fingerprint density at radius 3 is 2.81 bits per heavy atom. The van der Waals surface area contributed by atoms with Crippen LogP contribution >= 0.6 is 11.3 Å². The Bertz CT molecular complexity index is 1110. The second kappa shape index (κ2) is 8.29. The highest BCUT2D eigenvalue weighted by Gasteiger charge is 2.39. The van der Waals surface area contributed by atoms with Gasteiger partial charge in [0.15, 0.2) is 5.82 Å². The molecule has 0 bridgehead atoms. The van der Waals surface area contributed by atoms with E-state index in [4.69, 9.17) is 10.5 Å². The number of hydrogen-bond donors (Lipinski definition) is 1. The summed E-state index contributed by atoms with van der Waals surface area (Å²) in [6.45, 7) is 2.60. The smallest absolute Gasteiger partial charge is 0.451 e. The fraction of sp³-hybridized carbons (Fsp3) is 0.500. The number of primary amides is 1. The van der Waals surface area contributed by atoms with Crippen molar-refractivity contribution in [3.63, 3.8) is 0 Å². The maximum Gasteiger partial charge on any atom is 0.451 e. The van der Waals surface area contributed by atoms with Crippen LogP contribution in [0.5, 0.6) is 6.01 Å². The molecule has 0 radical (unpaired) electrons. The monoisotopic (exact) mass is 455 g/mol. The molecule has 3 aromatic heterocycles. The molecule has 0 unspecified atom stereocenters. The lowest BCUT2D eigenvalue weighted by Crippen LogP contribution is -2.36. The molecule has 0 fully saturated rings. The van der Waals surface area contributed by atoms with Gasteiger partial charge in [-0.25, -0.2) is 0 Å². The number of halogens is 3. The molecule has 0 saturated carbocycles. The molecule has 1 amide bonds. The topological polar surface area (TPSA) is 112 Å². The minimum atomic E-state index is -4.56. The Labute approximate surface area is 179 Å². The van der Waals surface area contributed by atoms with Crippen LogP contribution in [0.2, 0.25) is 0 Å². The Morgan fingerprint density at radius 2 is 2.10 bits per heavy atom. The van der Waals surface area contributed by atoms with E-state index in [-0.39, 0.29) is 38.0 Å². The standard InChI is InChI=1S/C18H20F3N7O2S/c1-2-3-10-8-11-14(23-17(24-15(11)31-10)30-7-4-12(22)29)27-5-6-28-13(9-27)25-26-16(28)18(19,20)21/h8H,2-7,9H2,1H3,(H2,22,29). The predicted molar refractivity (Wildman–Crippen MR) is 107 cm³/mol. The highest BCUT2D eigenvalue weighted by Crippen LogP contribution is 2.35. The average Bonchev–Trinajstić information content (AvgIpc) is 3.30. The van der Waals surface area contributed by atoms with Crippen LogP contribution in [0.15, 0.2) is 6.07 Å². The van der Waals surface area contributed by atoms with Gasteiger partial charge in [-0.1, -0.05) is 13.3 Å². The van der Waals surface area contributed by atoms with E-state index in [0.717, 1.165) is 27.7 Å². The fourth-order valence-corrected chi connectivity index (χ4v) is 4.52. The van der Waals surface area contributed by atoms with Crippen LogP contribution in [-0.2, 0) is 30.5 Å². The van der Waals surface area contributed by atoms with Crippen molar-refractivity contribution in [1.29, 1.82) is 0 Å². The molecule has 1 aliphatic rings. The van der Waals surface area contributed by atoms with E-state index in [2.05, 4.69) is 27.1 Å². The number of amides is 1. The number of aromatic nitrogens is 5. The summed E-state index contributed by atoms with van der Waals surface area (Å²) in [5.41, 5.74) is 5.15. The molecule has 13 heteroatoms. The number of carbonyl (C=O) groups excluding carboxylic acids is 1. The molecule has 4 rings (SSSR count). The van der Waals surface area contributed by atoms with E-state index in [1.165, 1.54) is 11.3 Å². The Balaban J connectivity index is 1.68. The summed E-state index contributed by atoms with van der Waals surface area (Å²) in [7, 11) is 0. The minimum Gasteiger partial charge on any atom is -0.463 e. The second-order valence-electron chi connectivity index (χ2n) is 7.09. The van der Waals surface area contributed by atoms with Gasteiger partial charge in [0, 0.05) is 18.0 Å². The number of nitrogens with two attached hydrogens (primary N) is 1. The van der Waals surface area contributed by atoms with Crippen molar-refractivity contribution in [3.8, 4) is 6.01 Å². The number of carbonyl (C=O) groups is 1. The molecule has 0 spiro atoms. The lowest BCUT2D eigenvalue weighted by molar-refractivity contribution is -0.147. The lowest BCUT2D eigenvalue weighted by atomic mass is 10.2. The fourth-order valence-electron chi connectivity index (χ4n) is 3.40. The number of hydrogen-bond acceptors (Lipinski definition) is 8. The van der Waals surface area contributed by atoms with Crippen molar-refractivity contribution in [2.75, 3.05) is 18.1 Å². The zero-order chi connectivity index (χ0) is 22.2. The number of aryl methyl sites for hydroxylation is 1. The number of ether oxygens (including phenoxy) is 1. The Hall–Kier alpha value is -2.96. The number of thiophene rings is 1. The van der Waals surface area contributed by atoms with Crippen molar-refractivity contribution in [2.24, 2.45) is 5.73 Å². The molecule has 166 valence electrons. The van der Waals surface area contributed by atoms with E-state index >= 15 is 0 Å². The van der Waals surface area contributed by atoms with Gasteiger partial charge in [0.05, 0.1) is 18.4 Å². The van der Waals surface area contributed by atoms with Crippen molar-refractivity contribution in [1.82, 2.24) is 24.7 Å². The molecule has 0 saturated heterocycles. The zero-order valence-electron chi connectivity index (χ0n) is 16.6. The number of rotatable bonds is 7. The van der Waals surface area contributed by atoms with E-state index in [1.54, 1.807) is 0 Å². The summed E-state index contributed by atoms with van der Waals surface area (Å²) in [6, 6.07) is 2.10. The van der Waals surface area contributed by atoms with Gasteiger partial charge in [-0.15, -0.1) is 21.5 Å². The van der Waals surface area contributed by atoms with Gasteiger partial charge in [0.1, 0.15) is 17.3 Å². The molecular weight excluding hydrogens is 435 g/mol. The number of nitrogens with zero attached hydrogens (tertiary/aromatic N) is 6. The quantitative estimate of drug-likeness (QED) is 0.583. The minimum absolute atomic E-state index is 0.0231. The largest absolute Gasteiger partial charge is 0.463 e. The molecule has 4 heterocycles. The van der Waals surface area contributed by atoms with Crippen LogP contribution in [0, 0.1) is 0 Å². The van der Waals surface area contributed by atoms with Gasteiger partial charge in [-0.3, -0.25) is 4.79 Å². The van der Waals surface area contributed by atoms with Crippen molar-refractivity contribution < 1.29 is 22.7 Å². The molecule has 1 aliphatic heterocycles. The molecule has 0 aliphatic carbocycles.